The normalized spacial score (nSPS) is 17.2. The topological polar surface area (TPSA) is 78.0 Å². The summed E-state index contributed by atoms with van der Waals surface area (Å²) < 4.78 is 25.0. The predicted octanol–water partition coefficient (Wildman–Crippen LogP) is 2.80. The smallest absolute Gasteiger partial charge is 0.255 e. The molecule has 4 rings (SSSR count). The molecule has 2 heterocycles. The molecule has 0 bridgehead atoms. The van der Waals surface area contributed by atoms with Crippen LogP contribution in [0.4, 0.5) is 11.4 Å². The lowest BCUT2D eigenvalue weighted by molar-refractivity contribution is -0.117. The van der Waals surface area contributed by atoms with Crippen molar-refractivity contribution in [3.63, 3.8) is 0 Å². The first-order valence-corrected chi connectivity index (χ1v) is 12.8. The first-order valence-electron chi connectivity index (χ1n) is 10.9. The Kier molecular flexibility index (Phi) is 5.99. The maximum absolute atomic E-state index is 13.3. The lowest BCUT2D eigenvalue weighted by Gasteiger charge is -2.37. The van der Waals surface area contributed by atoms with E-state index in [9.17, 15) is 18.0 Å². The zero-order valence-corrected chi connectivity index (χ0v) is 19.6. The van der Waals surface area contributed by atoms with Crippen LogP contribution in [0.2, 0.25) is 0 Å². The quantitative estimate of drug-likeness (QED) is 0.709. The molecule has 32 heavy (non-hydrogen) atoms. The summed E-state index contributed by atoms with van der Waals surface area (Å²) in [6.45, 7) is 7.12. The molecule has 0 unspecified atom stereocenters. The minimum atomic E-state index is -3.65. The number of benzene rings is 2. The van der Waals surface area contributed by atoms with Crippen molar-refractivity contribution in [3.05, 3.63) is 53.1 Å². The molecule has 7 nitrogen and oxygen atoms in total. The summed E-state index contributed by atoms with van der Waals surface area (Å²) in [5, 5.41) is 0. The minimum absolute atomic E-state index is 0.0171. The third kappa shape index (κ3) is 4.37. The van der Waals surface area contributed by atoms with Gasteiger partial charge < -0.3 is 14.7 Å². The van der Waals surface area contributed by atoms with Crippen LogP contribution in [0.5, 0.6) is 0 Å². The number of carbonyl (C=O) groups excluding carboxylic acids is 2. The molecule has 0 saturated carbocycles. The molecular weight excluding hydrogens is 426 g/mol. The number of piperazine rings is 1. The Morgan fingerprint density at radius 1 is 0.938 bits per heavy atom. The Morgan fingerprint density at radius 3 is 2.25 bits per heavy atom. The van der Waals surface area contributed by atoms with E-state index in [2.05, 4.69) is 36.9 Å². The van der Waals surface area contributed by atoms with E-state index >= 15 is 0 Å². The van der Waals surface area contributed by atoms with Gasteiger partial charge in [-0.15, -0.1) is 0 Å². The van der Waals surface area contributed by atoms with Gasteiger partial charge in [0, 0.05) is 56.8 Å². The van der Waals surface area contributed by atoms with Crippen LogP contribution in [0.3, 0.4) is 0 Å². The Balaban J connectivity index is 1.55. The summed E-state index contributed by atoms with van der Waals surface area (Å²) in [4.78, 5) is 30.9. The van der Waals surface area contributed by atoms with Crippen LogP contribution in [-0.4, -0.2) is 64.1 Å². The van der Waals surface area contributed by atoms with Crippen LogP contribution in [0, 0.1) is 13.8 Å². The second-order valence-corrected chi connectivity index (χ2v) is 10.7. The van der Waals surface area contributed by atoms with Crippen molar-refractivity contribution in [2.45, 2.75) is 31.6 Å². The van der Waals surface area contributed by atoms with Gasteiger partial charge in [-0.25, -0.2) is 8.42 Å². The van der Waals surface area contributed by atoms with Gasteiger partial charge in [-0.05, 0) is 50.1 Å². The largest absolute Gasteiger partial charge is 0.368 e. The van der Waals surface area contributed by atoms with Gasteiger partial charge in [-0.1, -0.05) is 17.7 Å². The van der Waals surface area contributed by atoms with Crippen molar-refractivity contribution in [3.8, 4) is 0 Å². The van der Waals surface area contributed by atoms with Crippen molar-refractivity contribution in [2.24, 2.45) is 0 Å². The Morgan fingerprint density at radius 2 is 1.66 bits per heavy atom. The molecule has 0 spiro atoms. The van der Waals surface area contributed by atoms with Gasteiger partial charge in [0.2, 0.25) is 5.91 Å². The second kappa shape index (κ2) is 8.58. The average Bonchev–Trinajstić information content (AvgIpc) is 3.18. The third-order valence-electron chi connectivity index (χ3n) is 6.24. The SMILES string of the molecule is Cc1ccc(N2CCN(C(=O)c3ccc(N4CCCC4=O)cc3S(C)(=O)=O)CC2)c(C)c1. The molecule has 2 fully saturated rings. The maximum atomic E-state index is 13.3. The number of carbonyl (C=O) groups is 2. The van der Waals surface area contributed by atoms with Crippen molar-refractivity contribution in [1.29, 1.82) is 0 Å². The Labute approximate surface area is 189 Å². The summed E-state index contributed by atoms with van der Waals surface area (Å²) in [5.74, 6) is -0.309. The van der Waals surface area contributed by atoms with Crippen molar-refractivity contribution >= 4 is 33.0 Å². The highest BCUT2D eigenvalue weighted by Gasteiger charge is 2.29. The lowest BCUT2D eigenvalue weighted by atomic mass is 10.1. The number of sulfone groups is 1. The van der Waals surface area contributed by atoms with E-state index in [-0.39, 0.29) is 22.3 Å². The molecule has 0 aliphatic carbocycles. The Bertz CT molecular complexity index is 1170. The molecular formula is C24H29N3O4S. The highest BCUT2D eigenvalue weighted by atomic mass is 32.2. The van der Waals surface area contributed by atoms with Gasteiger partial charge in [-0.2, -0.15) is 0 Å². The number of anilines is 2. The molecule has 170 valence electrons. The first-order chi connectivity index (χ1) is 15.1. The van der Waals surface area contributed by atoms with Crippen LogP contribution >= 0.6 is 0 Å². The van der Waals surface area contributed by atoms with Gasteiger partial charge >= 0.3 is 0 Å². The summed E-state index contributed by atoms with van der Waals surface area (Å²) in [5.41, 5.74) is 4.29. The molecule has 0 atom stereocenters. The molecule has 2 aliphatic rings. The van der Waals surface area contributed by atoms with Crippen LogP contribution in [0.1, 0.15) is 34.3 Å². The fourth-order valence-corrected chi connectivity index (χ4v) is 5.45. The molecule has 2 saturated heterocycles. The molecule has 8 heteroatoms. The van der Waals surface area contributed by atoms with Gasteiger partial charge in [-0.3, -0.25) is 9.59 Å². The van der Waals surface area contributed by atoms with E-state index in [0.29, 0.717) is 44.8 Å². The fourth-order valence-electron chi connectivity index (χ4n) is 4.56. The van der Waals surface area contributed by atoms with E-state index in [4.69, 9.17) is 0 Å². The summed E-state index contributed by atoms with van der Waals surface area (Å²) in [7, 11) is -3.65. The fraction of sp³-hybridized carbons (Fsp3) is 0.417. The summed E-state index contributed by atoms with van der Waals surface area (Å²) in [6, 6.07) is 11.1. The zero-order chi connectivity index (χ0) is 23.0. The molecule has 0 radical (unpaired) electrons. The summed E-state index contributed by atoms with van der Waals surface area (Å²) in [6.07, 6.45) is 2.31. The maximum Gasteiger partial charge on any atom is 0.255 e. The van der Waals surface area contributed by atoms with Gasteiger partial charge in [0.1, 0.15) is 0 Å². The number of nitrogens with zero attached hydrogens (tertiary/aromatic N) is 3. The van der Waals surface area contributed by atoms with Crippen LogP contribution in [0.25, 0.3) is 0 Å². The van der Waals surface area contributed by atoms with E-state index < -0.39 is 9.84 Å². The Hall–Kier alpha value is -2.87. The highest BCUT2D eigenvalue weighted by molar-refractivity contribution is 7.90. The van der Waals surface area contributed by atoms with Gasteiger partial charge in [0.05, 0.1) is 10.5 Å². The number of hydrogen-bond donors (Lipinski definition) is 0. The zero-order valence-electron chi connectivity index (χ0n) is 18.8. The van der Waals surface area contributed by atoms with E-state index in [0.717, 1.165) is 12.7 Å². The van der Waals surface area contributed by atoms with Crippen LogP contribution < -0.4 is 9.80 Å². The highest BCUT2D eigenvalue weighted by Crippen LogP contribution is 2.28. The second-order valence-electron chi connectivity index (χ2n) is 8.67. The molecule has 2 aliphatic heterocycles. The van der Waals surface area contributed by atoms with Crippen LogP contribution in [-0.2, 0) is 14.6 Å². The van der Waals surface area contributed by atoms with Crippen molar-refractivity contribution < 1.29 is 18.0 Å². The van der Waals surface area contributed by atoms with Crippen LogP contribution in [0.15, 0.2) is 41.3 Å². The van der Waals surface area contributed by atoms with E-state index in [1.807, 2.05) is 0 Å². The predicted molar refractivity (Wildman–Crippen MR) is 125 cm³/mol. The molecule has 2 aromatic carbocycles. The summed E-state index contributed by atoms with van der Waals surface area (Å²) >= 11 is 0. The molecule has 0 N–H and O–H groups in total. The monoisotopic (exact) mass is 455 g/mol. The molecule has 2 amide bonds. The number of hydrogen-bond acceptors (Lipinski definition) is 5. The molecule has 2 aromatic rings. The minimum Gasteiger partial charge on any atom is -0.368 e. The molecule has 0 aromatic heterocycles. The number of amides is 2. The number of rotatable bonds is 4. The van der Waals surface area contributed by atoms with Gasteiger partial charge in [0.25, 0.3) is 5.91 Å². The van der Waals surface area contributed by atoms with Crippen molar-refractivity contribution in [1.82, 2.24) is 4.90 Å². The van der Waals surface area contributed by atoms with E-state index in [1.165, 1.54) is 22.9 Å². The third-order valence-corrected chi connectivity index (χ3v) is 7.38. The van der Waals surface area contributed by atoms with Crippen molar-refractivity contribution in [2.75, 3.05) is 48.8 Å². The number of aryl methyl sites for hydroxylation is 2. The van der Waals surface area contributed by atoms with E-state index in [1.54, 1.807) is 21.9 Å². The average molecular weight is 456 g/mol. The standard InChI is InChI=1S/C24H29N3O4S/c1-17-6-9-21(18(2)15-17)25-11-13-26(14-12-25)24(29)20-8-7-19(16-22(20)32(3,30)31)27-10-4-5-23(27)28/h6-9,15-16H,4-5,10-14H2,1-3H3. The van der Waals surface area contributed by atoms with Gasteiger partial charge in [0.15, 0.2) is 9.84 Å². The first kappa shape index (κ1) is 22.3. The lowest BCUT2D eigenvalue weighted by Crippen LogP contribution is -2.49.